The molecule has 7 nitrogen and oxygen atoms in total. The first-order chi connectivity index (χ1) is 14.1. The van der Waals surface area contributed by atoms with Gasteiger partial charge in [0.25, 0.3) is 0 Å². The smallest absolute Gasteiger partial charge is 0.335 e. The first kappa shape index (κ1) is 25.3. The van der Waals surface area contributed by atoms with Crippen LogP contribution in [0.5, 0.6) is 0 Å². The van der Waals surface area contributed by atoms with E-state index in [0.29, 0.717) is 0 Å². The molecule has 0 aliphatic heterocycles. The number of nitrogens with zero attached hydrogens (tertiary/aromatic N) is 1. The highest BCUT2D eigenvalue weighted by atomic mass is 32.2. The molecule has 30 heavy (non-hydrogen) atoms. The standard InChI is InChI=1S/C14H10O6S.C8H20N/c15-13(16)9-1-5-11(6-2-9)21(19,20)12-7-3-10(4-8-12)14(17)18;1-5-9(6-2,7-3)8-4/h1-8H,(H,15,16)(H,17,18);5-8H2,1-4H3/q;+1/p-1. The Morgan fingerprint density at radius 3 is 1.33 bits per heavy atom. The van der Waals surface area contributed by atoms with E-state index in [0.717, 1.165) is 24.3 Å². The predicted molar refractivity (Wildman–Crippen MR) is 112 cm³/mol. The van der Waals surface area contributed by atoms with Gasteiger partial charge in [0, 0.05) is 0 Å². The van der Waals surface area contributed by atoms with Crippen molar-refractivity contribution in [2.45, 2.75) is 37.5 Å². The normalized spacial score (nSPS) is 11.3. The highest BCUT2D eigenvalue weighted by molar-refractivity contribution is 7.91. The molecule has 0 spiro atoms. The lowest BCUT2D eigenvalue weighted by atomic mass is 10.2. The average molecular weight is 436 g/mol. The summed E-state index contributed by atoms with van der Waals surface area (Å²) < 4.78 is 25.8. The zero-order valence-electron chi connectivity index (χ0n) is 17.8. The summed E-state index contributed by atoms with van der Waals surface area (Å²) in [6.07, 6.45) is 0. The fourth-order valence-electron chi connectivity index (χ4n) is 3.02. The Labute approximate surface area is 178 Å². The second kappa shape index (κ2) is 10.9. The van der Waals surface area contributed by atoms with Gasteiger partial charge in [-0.3, -0.25) is 0 Å². The van der Waals surface area contributed by atoms with Crippen molar-refractivity contribution in [1.29, 1.82) is 0 Å². The Hall–Kier alpha value is -2.71. The molecular formula is C22H29NO6S. The van der Waals surface area contributed by atoms with Crippen LogP contribution in [0.15, 0.2) is 58.3 Å². The van der Waals surface area contributed by atoms with E-state index in [1.807, 2.05) is 0 Å². The minimum absolute atomic E-state index is 0.0266. The number of carbonyl (C=O) groups is 2. The van der Waals surface area contributed by atoms with Gasteiger partial charge < -0.3 is 19.5 Å². The Bertz CT molecular complexity index is 865. The van der Waals surface area contributed by atoms with Crippen molar-refractivity contribution in [2.75, 3.05) is 26.2 Å². The van der Waals surface area contributed by atoms with Crippen LogP contribution in [0.25, 0.3) is 0 Å². The number of carbonyl (C=O) groups excluding carboxylic acids is 1. The van der Waals surface area contributed by atoms with Gasteiger partial charge in [0.1, 0.15) is 0 Å². The maximum Gasteiger partial charge on any atom is 0.335 e. The fraction of sp³-hybridized carbons (Fsp3) is 0.364. The largest absolute Gasteiger partial charge is 0.545 e. The molecule has 0 fully saturated rings. The highest BCUT2D eigenvalue weighted by Gasteiger charge is 2.18. The monoisotopic (exact) mass is 435 g/mol. The third-order valence-corrected chi connectivity index (χ3v) is 7.28. The number of carboxylic acid groups (broad SMARTS) is 2. The third kappa shape index (κ3) is 6.14. The van der Waals surface area contributed by atoms with Gasteiger partial charge in [-0.2, -0.15) is 0 Å². The van der Waals surface area contributed by atoms with E-state index in [1.54, 1.807) is 0 Å². The summed E-state index contributed by atoms with van der Waals surface area (Å²) in [6.45, 7) is 14.2. The van der Waals surface area contributed by atoms with Crippen LogP contribution >= 0.6 is 0 Å². The summed E-state index contributed by atoms with van der Waals surface area (Å²) in [7, 11) is -3.83. The molecule has 0 aromatic heterocycles. The molecule has 0 unspecified atom stereocenters. The molecule has 0 atom stereocenters. The van der Waals surface area contributed by atoms with E-state index in [4.69, 9.17) is 5.11 Å². The molecule has 1 N–H and O–H groups in total. The van der Waals surface area contributed by atoms with Crippen LogP contribution < -0.4 is 5.11 Å². The maximum atomic E-state index is 12.3. The Morgan fingerprint density at radius 1 is 0.767 bits per heavy atom. The molecule has 2 aromatic carbocycles. The third-order valence-electron chi connectivity index (χ3n) is 5.50. The second-order valence-corrected chi connectivity index (χ2v) is 8.70. The molecule has 2 rings (SSSR count). The molecule has 0 heterocycles. The minimum atomic E-state index is -3.83. The minimum Gasteiger partial charge on any atom is -0.545 e. The van der Waals surface area contributed by atoms with Crippen molar-refractivity contribution in [2.24, 2.45) is 0 Å². The molecule has 8 heteroatoms. The second-order valence-electron chi connectivity index (χ2n) is 6.75. The van der Waals surface area contributed by atoms with Crippen molar-refractivity contribution in [3.8, 4) is 0 Å². The Balaban J connectivity index is 0.000000424. The van der Waals surface area contributed by atoms with E-state index in [2.05, 4.69) is 27.7 Å². The number of rotatable bonds is 8. The van der Waals surface area contributed by atoms with Gasteiger partial charge in [-0.25, -0.2) is 13.2 Å². The Kier molecular flexibility index (Phi) is 9.20. The van der Waals surface area contributed by atoms with E-state index in [1.165, 1.54) is 54.9 Å². The van der Waals surface area contributed by atoms with E-state index < -0.39 is 21.8 Å². The molecule has 0 radical (unpaired) electrons. The van der Waals surface area contributed by atoms with Crippen LogP contribution in [0.4, 0.5) is 0 Å². The van der Waals surface area contributed by atoms with E-state index in [9.17, 15) is 23.1 Å². The number of benzene rings is 2. The van der Waals surface area contributed by atoms with Gasteiger partial charge in [-0.15, -0.1) is 0 Å². The number of hydrogen-bond acceptors (Lipinski definition) is 5. The zero-order chi connectivity index (χ0) is 22.9. The zero-order valence-corrected chi connectivity index (χ0v) is 18.6. The van der Waals surface area contributed by atoms with Crippen LogP contribution in [-0.2, 0) is 9.84 Å². The molecule has 0 saturated heterocycles. The molecule has 164 valence electrons. The van der Waals surface area contributed by atoms with Crippen LogP contribution in [-0.4, -0.2) is 56.1 Å². The summed E-state index contributed by atoms with van der Waals surface area (Å²) >= 11 is 0. The van der Waals surface area contributed by atoms with Gasteiger partial charge in [0.2, 0.25) is 9.84 Å². The quantitative estimate of drug-likeness (QED) is 0.638. The molecule has 0 saturated carbocycles. The number of carboxylic acids is 2. The summed E-state index contributed by atoms with van der Waals surface area (Å²) in [5.74, 6) is -2.55. The number of sulfone groups is 1. The van der Waals surface area contributed by atoms with Crippen LogP contribution in [0, 0.1) is 0 Å². The molecule has 0 aliphatic rings. The molecule has 2 aromatic rings. The van der Waals surface area contributed by atoms with Crippen molar-refractivity contribution in [1.82, 2.24) is 0 Å². The van der Waals surface area contributed by atoms with E-state index in [-0.39, 0.29) is 20.9 Å². The lowest BCUT2D eigenvalue weighted by Gasteiger charge is -2.34. The Morgan fingerprint density at radius 2 is 1.10 bits per heavy atom. The predicted octanol–water partition coefficient (Wildman–Crippen LogP) is 2.46. The van der Waals surface area contributed by atoms with Gasteiger partial charge in [-0.05, 0) is 69.7 Å². The number of quaternary nitrogens is 1. The molecule has 0 bridgehead atoms. The van der Waals surface area contributed by atoms with Gasteiger partial charge >= 0.3 is 5.97 Å². The number of aromatic carboxylic acids is 2. The molecule has 0 aliphatic carbocycles. The summed E-state index contributed by atoms with van der Waals surface area (Å²) in [6, 6.07) is 9.32. The van der Waals surface area contributed by atoms with Crippen molar-refractivity contribution >= 4 is 21.8 Å². The van der Waals surface area contributed by atoms with Crippen LogP contribution in [0.1, 0.15) is 48.4 Å². The maximum absolute atomic E-state index is 12.3. The lowest BCUT2D eigenvalue weighted by molar-refractivity contribution is -0.921. The van der Waals surface area contributed by atoms with Crippen molar-refractivity contribution in [3.05, 3.63) is 59.7 Å². The van der Waals surface area contributed by atoms with Gasteiger partial charge in [0.15, 0.2) is 0 Å². The fourth-order valence-corrected chi connectivity index (χ4v) is 4.29. The molecule has 0 amide bonds. The van der Waals surface area contributed by atoms with Crippen molar-refractivity contribution < 1.29 is 32.7 Å². The first-order valence-corrected chi connectivity index (χ1v) is 11.3. The highest BCUT2D eigenvalue weighted by Crippen LogP contribution is 2.21. The molecular weight excluding hydrogens is 406 g/mol. The van der Waals surface area contributed by atoms with Crippen LogP contribution in [0.3, 0.4) is 0 Å². The van der Waals surface area contributed by atoms with E-state index >= 15 is 0 Å². The van der Waals surface area contributed by atoms with Crippen molar-refractivity contribution in [3.63, 3.8) is 0 Å². The lowest BCUT2D eigenvalue weighted by Crippen LogP contribution is -2.47. The topological polar surface area (TPSA) is 112 Å². The first-order valence-electron chi connectivity index (χ1n) is 9.81. The SMILES string of the molecule is CC[N+](CC)(CC)CC.O=C([O-])c1ccc(S(=O)(=O)c2ccc(C(=O)O)cc2)cc1. The van der Waals surface area contributed by atoms with Gasteiger partial charge in [0.05, 0.1) is 47.5 Å². The van der Waals surface area contributed by atoms with Crippen LogP contribution in [0.2, 0.25) is 0 Å². The summed E-state index contributed by atoms with van der Waals surface area (Å²) in [5.41, 5.74) is -0.156. The van der Waals surface area contributed by atoms with Gasteiger partial charge in [-0.1, -0.05) is 12.1 Å². The average Bonchev–Trinajstić information content (AvgIpc) is 2.76. The summed E-state index contributed by atoms with van der Waals surface area (Å²) in [4.78, 5) is 21.2. The summed E-state index contributed by atoms with van der Waals surface area (Å²) in [5, 5.41) is 19.4. The number of hydrogen-bond donors (Lipinski definition) is 1.